The van der Waals surface area contributed by atoms with Gasteiger partial charge in [0.15, 0.2) is 5.69 Å². The smallest absolute Gasteiger partial charge is 0.310 e. The van der Waals surface area contributed by atoms with Gasteiger partial charge in [-0.3, -0.25) is 4.79 Å². The highest BCUT2D eigenvalue weighted by molar-refractivity contribution is 6.02. The molecule has 9 heteroatoms. The third kappa shape index (κ3) is 3.77. The minimum Gasteiger partial charge on any atom is -0.310 e. The molecule has 0 bridgehead atoms. The molecule has 3 aromatic rings. The van der Waals surface area contributed by atoms with Gasteiger partial charge in [-0.25, -0.2) is 13.9 Å². The Morgan fingerprint density at radius 3 is 2.68 bits per heavy atom. The SMILES string of the molecule is Cc1cc(NC(=O)c2nnn(Cc3ccc(F)cc3)c2C)nc(=O)[nH]1. The van der Waals surface area contributed by atoms with E-state index < -0.39 is 11.6 Å². The van der Waals surface area contributed by atoms with Gasteiger partial charge in [-0.05, 0) is 31.5 Å². The Hall–Kier alpha value is -3.36. The van der Waals surface area contributed by atoms with E-state index in [9.17, 15) is 14.0 Å². The zero-order valence-electron chi connectivity index (χ0n) is 13.6. The van der Waals surface area contributed by atoms with Gasteiger partial charge in [0, 0.05) is 11.8 Å². The summed E-state index contributed by atoms with van der Waals surface area (Å²) in [6, 6.07) is 7.53. The van der Waals surface area contributed by atoms with Gasteiger partial charge in [0.2, 0.25) is 0 Å². The zero-order chi connectivity index (χ0) is 18.0. The second kappa shape index (κ2) is 6.63. The maximum absolute atomic E-state index is 13.0. The number of anilines is 1. The van der Waals surface area contributed by atoms with Crippen LogP contribution in [0.15, 0.2) is 35.1 Å². The predicted molar refractivity (Wildman–Crippen MR) is 87.8 cm³/mol. The quantitative estimate of drug-likeness (QED) is 0.746. The molecule has 0 aliphatic carbocycles. The molecular formula is C16H15FN6O2. The van der Waals surface area contributed by atoms with E-state index in [1.54, 1.807) is 30.7 Å². The first kappa shape index (κ1) is 16.5. The largest absolute Gasteiger partial charge is 0.347 e. The molecule has 0 spiro atoms. The second-order valence-corrected chi connectivity index (χ2v) is 5.52. The van der Waals surface area contributed by atoms with E-state index in [-0.39, 0.29) is 17.3 Å². The van der Waals surface area contributed by atoms with Crippen molar-refractivity contribution in [3.05, 3.63) is 69.3 Å². The Balaban J connectivity index is 1.79. The van der Waals surface area contributed by atoms with Gasteiger partial charge >= 0.3 is 5.69 Å². The van der Waals surface area contributed by atoms with Gasteiger partial charge in [0.1, 0.15) is 11.6 Å². The second-order valence-electron chi connectivity index (χ2n) is 5.52. The molecule has 0 saturated heterocycles. The van der Waals surface area contributed by atoms with E-state index >= 15 is 0 Å². The van der Waals surface area contributed by atoms with Crippen LogP contribution in [0.1, 0.15) is 27.4 Å². The molecule has 0 unspecified atom stereocenters. The first-order chi connectivity index (χ1) is 11.9. The summed E-state index contributed by atoms with van der Waals surface area (Å²) in [4.78, 5) is 29.9. The number of hydrogen-bond donors (Lipinski definition) is 2. The number of hydrogen-bond acceptors (Lipinski definition) is 5. The number of halogens is 1. The van der Waals surface area contributed by atoms with Gasteiger partial charge in [0.05, 0.1) is 12.2 Å². The van der Waals surface area contributed by atoms with Gasteiger partial charge in [0.25, 0.3) is 5.91 Å². The van der Waals surface area contributed by atoms with Crippen LogP contribution in [0.4, 0.5) is 10.2 Å². The van der Waals surface area contributed by atoms with Gasteiger partial charge in [-0.15, -0.1) is 5.10 Å². The van der Waals surface area contributed by atoms with Crippen molar-refractivity contribution >= 4 is 11.7 Å². The van der Waals surface area contributed by atoms with E-state index in [2.05, 4.69) is 25.6 Å². The van der Waals surface area contributed by atoms with E-state index in [1.165, 1.54) is 18.2 Å². The molecule has 3 rings (SSSR count). The fourth-order valence-electron chi connectivity index (χ4n) is 2.30. The minimum atomic E-state index is -0.549. The van der Waals surface area contributed by atoms with Gasteiger partial charge in [-0.1, -0.05) is 17.3 Å². The number of nitrogens with one attached hydrogen (secondary N) is 2. The molecule has 0 atom stereocenters. The van der Waals surface area contributed by atoms with E-state index in [0.717, 1.165) is 5.56 Å². The number of benzene rings is 1. The van der Waals surface area contributed by atoms with Crippen molar-refractivity contribution < 1.29 is 9.18 Å². The molecule has 1 amide bonds. The monoisotopic (exact) mass is 342 g/mol. The Morgan fingerprint density at radius 1 is 1.28 bits per heavy atom. The van der Waals surface area contributed by atoms with Crippen LogP contribution in [0.2, 0.25) is 0 Å². The fraction of sp³-hybridized carbons (Fsp3) is 0.188. The maximum Gasteiger partial charge on any atom is 0.347 e. The van der Waals surface area contributed by atoms with E-state index in [4.69, 9.17) is 0 Å². The lowest BCUT2D eigenvalue weighted by molar-refractivity contribution is 0.102. The van der Waals surface area contributed by atoms with Crippen LogP contribution in [-0.2, 0) is 6.54 Å². The lowest BCUT2D eigenvalue weighted by Gasteiger charge is -2.05. The molecule has 2 heterocycles. The first-order valence-electron chi connectivity index (χ1n) is 7.46. The average Bonchev–Trinajstić information content (AvgIpc) is 2.89. The molecular weight excluding hydrogens is 327 g/mol. The molecule has 0 aliphatic heterocycles. The Labute approximate surface area is 141 Å². The van der Waals surface area contributed by atoms with E-state index in [0.29, 0.717) is 17.9 Å². The van der Waals surface area contributed by atoms with Crippen molar-refractivity contribution in [2.75, 3.05) is 5.32 Å². The van der Waals surface area contributed by atoms with Crippen LogP contribution in [0.5, 0.6) is 0 Å². The minimum absolute atomic E-state index is 0.127. The Kier molecular flexibility index (Phi) is 4.38. The summed E-state index contributed by atoms with van der Waals surface area (Å²) in [6.07, 6.45) is 0. The number of nitrogens with zero attached hydrogens (tertiary/aromatic N) is 4. The number of aromatic nitrogens is 5. The summed E-state index contributed by atoms with van der Waals surface area (Å²) >= 11 is 0. The number of carbonyl (C=O) groups excluding carboxylic acids is 1. The predicted octanol–water partition coefficient (Wildman–Crippen LogP) is 1.42. The summed E-state index contributed by atoms with van der Waals surface area (Å²) in [6.45, 7) is 3.74. The highest BCUT2D eigenvalue weighted by Crippen LogP contribution is 2.11. The molecule has 0 saturated carbocycles. The van der Waals surface area contributed by atoms with Crippen molar-refractivity contribution in [2.24, 2.45) is 0 Å². The summed E-state index contributed by atoms with van der Waals surface area (Å²) in [5, 5.41) is 10.4. The van der Waals surface area contributed by atoms with Crippen molar-refractivity contribution in [2.45, 2.75) is 20.4 Å². The third-order valence-corrected chi connectivity index (χ3v) is 3.56. The van der Waals surface area contributed by atoms with Gasteiger partial charge < -0.3 is 10.3 Å². The lowest BCUT2D eigenvalue weighted by Crippen LogP contribution is -2.20. The first-order valence-corrected chi connectivity index (χ1v) is 7.46. The molecule has 25 heavy (non-hydrogen) atoms. The summed E-state index contributed by atoms with van der Waals surface area (Å²) < 4.78 is 14.5. The number of aromatic amines is 1. The Morgan fingerprint density at radius 2 is 2.00 bits per heavy atom. The normalized spacial score (nSPS) is 10.7. The van der Waals surface area contributed by atoms with Crippen LogP contribution >= 0.6 is 0 Å². The highest BCUT2D eigenvalue weighted by Gasteiger charge is 2.17. The average molecular weight is 342 g/mol. The van der Waals surface area contributed by atoms with Crippen molar-refractivity contribution in [1.29, 1.82) is 0 Å². The van der Waals surface area contributed by atoms with Crippen molar-refractivity contribution in [3.8, 4) is 0 Å². The number of rotatable bonds is 4. The molecule has 0 fully saturated rings. The number of H-pyrrole nitrogens is 1. The maximum atomic E-state index is 13.0. The number of aryl methyl sites for hydroxylation is 1. The third-order valence-electron chi connectivity index (χ3n) is 3.56. The van der Waals surface area contributed by atoms with E-state index in [1.807, 2.05) is 0 Å². The number of amides is 1. The summed E-state index contributed by atoms with van der Waals surface area (Å²) in [5.74, 6) is -0.695. The number of carbonyl (C=O) groups is 1. The highest BCUT2D eigenvalue weighted by atomic mass is 19.1. The molecule has 1 aromatic carbocycles. The fourth-order valence-corrected chi connectivity index (χ4v) is 2.30. The zero-order valence-corrected chi connectivity index (χ0v) is 13.6. The molecule has 0 aliphatic rings. The van der Waals surface area contributed by atoms with Crippen LogP contribution in [-0.4, -0.2) is 30.9 Å². The van der Waals surface area contributed by atoms with Crippen LogP contribution < -0.4 is 11.0 Å². The summed E-state index contributed by atoms with van der Waals surface area (Å²) in [7, 11) is 0. The van der Waals surface area contributed by atoms with Gasteiger partial charge in [-0.2, -0.15) is 4.98 Å². The Bertz CT molecular complexity index is 977. The van der Waals surface area contributed by atoms with Crippen LogP contribution in [0.25, 0.3) is 0 Å². The molecule has 2 N–H and O–H groups in total. The molecule has 128 valence electrons. The molecule has 0 radical (unpaired) electrons. The topological polar surface area (TPSA) is 106 Å². The lowest BCUT2D eigenvalue weighted by atomic mass is 10.2. The standard InChI is InChI=1S/C16H15FN6O2/c1-9-7-13(20-16(25)18-9)19-15(24)14-10(2)23(22-21-14)8-11-3-5-12(17)6-4-11/h3-7H,8H2,1-2H3,(H2,18,19,20,24,25). The molecule has 2 aromatic heterocycles. The van der Waals surface area contributed by atoms with Crippen LogP contribution in [0.3, 0.4) is 0 Å². The molecule has 8 nitrogen and oxygen atoms in total. The van der Waals surface area contributed by atoms with Crippen LogP contribution in [0, 0.1) is 19.7 Å². The van der Waals surface area contributed by atoms with Crippen molar-refractivity contribution in [3.63, 3.8) is 0 Å². The van der Waals surface area contributed by atoms with Crippen molar-refractivity contribution in [1.82, 2.24) is 25.0 Å². The summed E-state index contributed by atoms with van der Waals surface area (Å²) in [5.41, 5.74) is 1.53.